The molecule has 0 radical (unpaired) electrons. The molecule has 6 nitrogen and oxygen atoms in total. The van der Waals surface area contributed by atoms with Gasteiger partial charge in [-0.05, 0) is 107 Å². The number of carbonyl (C=O) groups excluding carboxylic acids is 1. The summed E-state index contributed by atoms with van der Waals surface area (Å²) in [6, 6.07) is 5.37. The highest BCUT2D eigenvalue weighted by molar-refractivity contribution is 7.19. The summed E-state index contributed by atoms with van der Waals surface area (Å²) in [6.45, 7) is 28.6. The Morgan fingerprint density at radius 2 is 1.89 bits per heavy atom. The van der Waals surface area contributed by atoms with Gasteiger partial charge >= 0.3 is 0 Å². The number of halogens is 3. The maximum absolute atomic E-state index is 17.5. The first kappa shape index (κ1) is 46.1. The summed E-state index contributed by atoms with van der Waals surface area (Å²) in [5.41, 5.74) is 2.23. The van der Waals surface area contributed by atoms with E-state index in [0.717, 1.165) is 68.6 Å². The van der Waals surface area contributed by atoms with E-state index >= 15 is 8.78 Å². The minimum Gasteiger partial charge on any atom is -0.476 e. The van der Waals surface area contributed by atoms with Crippen molar-refractivity contribution in [3.8, 4) is 6.07 Å². The van der Waals surface area contributed by atoms with Crippen molar-refractivity contribution in [1.29, 1.82) is 5.26 Å². The number of fused-ring (bicyclic) bond motifs is 2. The Morgan fingerprint density at radius 1 is 1.21 bits per heavy atom. The Labute approximate surface area is 349 Å². The van der Waals surface area contributed by atoms with Crippen LogP contribution in [0.2, 0.25) is 0 Å². The molecule has 3 heterocycles. The molecule has 1 aliphatic carbocycles. The highest BCUT2D eigenvalue weighted by atomic mass is 35.5. The number of nitrogens with zero attached hydrogens (tertiary/aromatic N) is 4. The molecule has 10 heteroatoms. The van der Waals surface area contributed by atoms with Gasteiger partial charge in [0.1, 0.15) is 24.2 Å². The normalized spacial score (nSPS) is 22.7. The molecule has 57 heavy (non-hydrogen) atoms. The van der Waals surface area contributed by atoms with E-state index in [1.54, 1.807) is 6.08 Å². The van der Waals surface area contributed by atoms with E-state index in [0.29, 0.717) is 51.1 Å². The molecule has 5 atom stereocenters. The molecule has 2 aromatic rings. The van der Waals surface area contributed by atoms with Gasteiger partial charge in [-0.15, -0.1) is 11.3 Å². The fraction of sp³-hybridized carbons (Fsp3) is 0.553. The zero-order valence-electron chi connectivity index (χ0n) is 35.8. The molecular formula is C47H63ClF2N4O2S. The van der Waals surface area contributed by atoms with Crippen molar-refractivity contribution in [1.82, 2.24) is 9.80 Å². The van der Waals surface area contributed by atoms with Crippen LogP contribution in [0, 0.1) is 34.9 Å². The van der Waals surface area contributed by atoms with Crippen molar-refractivity contribution < 1.29 is 18.3 Å². The molecule has 5 rings (SSSR count). The predicted octanol–water partition coefficient (Wildman–Crippen LogP) is 12.9. The second-order valence-electron chi connectivity index (χ2n) is 16.8. The number of rotatable bonds is 15. The quantitative estimate of drug-likeness (QED) is 0.132. The van der Waals surface area contributed by atoms with Crippen LogP contribution in [0.25, 0.3) is 15.7 Å². The molecule has 0 bridgehead atoms. The number of ketones is 1. The SMILES string of the molecule is C=C(/N=C1/C(F)=C(c2ccc(F)c3sc(C(C)C)c(C#N)c23)C(Cl)=C/C1=C(/C)N(C)C(CCC(C)CC)C(C)CC)OCC12CCCN1CC(C)C2.C=CC(C)=O. The van der Waals surface area contributed by atoms with E-state index in [1.807, 2.05) is 20.8 Å². The number of hydrogen-bond acceptors (Lipinski definition) is 7. The molecule has 310 valence electrons. The highest BCUT2D eigenvalue weighted by Gasteiger charge is 2.47. The number of allylic oxidation sites excluding steroid dienone is 7. The summed E-state index contributed by atoms with van der Waals surface area (Å²) in [5, 5.41) is 10.8. The van der Waals surface area contributed by atoms with Gasteiger partial charge in [0.15, 0.2) is 11.6 Å². The molecule has 0 spiro atoms. The number of carbonyl (C=O) groups is 1. The summed E-state index contributed by atoms with van der Waals surface area (Å²) >= 11 is 8.33. The number of ether oxygens (including phenoxy) is 1. The second-order valence-corrected chi connectivity index (χ2v) is 18.2. The van der Waals surface area contributed by atoms with Crippen LogP contribution in [-0.2, 0) is 9.53 Å². The Balaban J connectivity index is 0.00000135. The summed E-state index contributed by atoms with van der Waals surface area (Å²) in [4.78, 5) is 20.0. The predicted molar refractivity (Wildman–Crippen MR) is 236 cm³/mol. The Kier molecular flexibility index (Phi) is 16.1. The van der Waals surface area contributed by atoms with Crippen LogP contribution >= 0.6 is 22.9 Å². The second kappa shape index (κ2) is 19.9. The van der Waals surface area contributed by atoms with Crippen molar-refractivity contribution in [2.24, 2.45) is 22.7 Å². The van der Waals surface area contributed by atoms with Crippen LogP contribution in [-0.4, -0.2) is 59.6 Å². The molecule has 1 aromatic heterocycles. The Morgan fingerprint density at radius 3 is 2.49 bits per heavy atom. The maximum atomic E-state index is 17.5. The molecule has 2 saturated heterocycles. The van der Waals surface area contributed by atoms with Crippen LogP contribution in [0.5, 0.6) is 0 Å². The standard InChI is InChI=1S/C43H57ClF2N4OS.C4H6O/c1-11-26(5)14-17-36(28(7)12-2)49(10)29(8)32-20-34(44)38(31-15-16-35(45)42-37(31)33(22-47)41(52-42)25(3)4)39(46)40(32)48-30(9)51-24-43-18-13-19-50(43)23-27(6)21-43;1-3-4(2)5/h15-16,20,25-28,36H,9,11-14,17-19,21,23-24H2,1-8,10H3;3H,1H2,2H3/b32-29+,48-40+;. The van der Waals surface area contributed by atoms with Crippen molar-refractivity contribution in [2.45, 2.75) is 125 Å². The van der Waals surface area contributed by atoms with Gasteiger partial charge in [-0.1, -0.05) is 85.6 Å². The zero-order valence-corrected chi connectivity index (χ0v) is 37.4. The minimum absolute atomic E-state index is 0.0160. The van der Waals surface area contributed by atoms with Crippen LogP contribution < -0.4 is 0 Å². The largest absolute Gasteiger partial charge is 0.476 e. The lowest BCUT2D eigenvalue weighted by Crippen LogP contribution is -2.42. The third-order valence-corrected chi connectivity index (χ3v) is 14.1. The molecule has 0 saturated carbocycles. The van der Waals surface area contributed by atoms with Gasteiger partial charge in [-0.25, -0.2) is 13.8 Å². The summed E-state index contributed by atoms with van der Waals surface area (Å²) < 4.78 is 39.5. The summed E-state index contributed by atoms with van der Waals surface area (Å²) in [7, 11) is 2.08. The fourth-order valence-electron chi connectivity index (χ4n) is 8.58. The average Bonchev–Trinajstić information content (AvgIpc) is 3.86. The van der Waals surface area contributed by atoms with Crippen molar-refractivity contribution in [3.05, 3.63) is 87.3 Å². The van der Waals surface area contributed by atoms with E-state index < -0.39 is 11.6 Å². The highest BCUT2D eigenvalue weighted by Crippen LogP contribution is 2.47. The summed E-state index contributed by atoms with van der Waals surface area (Å²) in [5.74, 6) is 0.631. The molecule has 1 aromatic carbocycles. The van der Waals surface area contributed by atoms with Crippen molar-refractivity contribution in [2.75, 3.05) is 26.7 Å². The lowest BCUT2D eigenvalue weighted by atomic mass is 9.87. The zero-order chi connectivity index (χ0) is 42.4. The fourth-order valence-corrected chi connectivity index (χ4v) is 10.1. The number of aliphatic imine (C=N–C) groups is 1. The van der Waals surface area contributed by atoms with Crippen LogP contribution in [0.4, 0.5) is 8.78 Å². The van der Waals surface area contributed by atoms with Gasteiger partial charge in [-0.3, -0.25) is 9.69 Å². The molecule has 5 unspecified atom stereocenters. The number of nitriles is 1. The molecule has 0 N–H and O–H groups in total. The smallest absolute Gasteiger partial charge is 0.206 e. The number of hydrogen-bond donors (Lipinski definition) is 0. The monoisotopic (exact) mass is 820 g/mol. The number of benzene rings is 1. The van der Waals surface area contributed by atoms with Gasteiger partial charge in [0.2, 0.25) is 5.88 Å². The lowest BCUT2D eigenvalue weighted by molar-refractivity contribution is -0.112. The third-order valence-electron chi connectivity index (χ3n) is 12.3. The average molecular weight is 822 g/mol. The van der Waals surface area contributed by atoms with Crippen molar-refractivity contribution >= 4 is 50.1 Å². The summed E-state index contributed by atoms with van der Waals surface area (Å²) in [6.07, 6.45) is 10.5. The van der Waals surface area contributed by atoms with Crippen molar-refractivity contribution in [3.63, 3.8) is 0 Å². The Bertz CT molecular complexity index is 2000. The molecule has 2 fully saturated rings. The van der Waals surface area contributed by atoms with E-state index in [-0.39, 0.29) is 45.5 Å². The van der Waals surface area contributed by atoms with E-state index in [9.17, 15) is 10.1 Å². The molecule has 3 aliphatic rings. The minimum atomic E-state index is -0.649. The van der Waals surface area contributed by atoms with Gasteiger partial charge < -0.3 is 9.64 Å². The third kappa shape index (κ3) is 10.2. The Hall–Kier alpha value is -3.58. The van der Waals surface area contributed by atoms with Gasteiger partial charge in [0.05, 0.1) is 20.8 Å². The number of thiophene rings is 1. The van der Waals surface area contributed by atoms with E-state index in [2.05, 4.69) is 70.7 Å². The van der Waals surface area contributed by atoms with Crippen LogP contribution in [0.3, 0.4) is 0 Å². The lowest BCUT2D eigenvalue weighted by Gasteiger charge is -2.37. The van der Waals surface area contributed by atoms with Crippen LogP contribution in [0.15, 0.2) is 70.4 Å². The molecule has 2 aliphatic heterocycles. The van der Waals surface area contributed by atoms with E-state index in [1.165, 1.54) is 36.5 Å². The van der Waals surface area contributed by atoms with Gasteiger partial charge in [-0.2, -0.15) is 5.26 Å². The first-order chi connectivity index (χ1) is 26.9. The van der Waals surface area contributed by atoms with Gasteiger partial charge in [0.25, 0.3) is 0 Å². The van der Waals surface area contributed by atoms with E-state index in [4.69, 9.17) is 21.3 Å². The van der Waals surface area contributed by atoms with Crippen LogP contribution in [0.1, 0.15) is 129 Å². The van der Waals surface area contributed by atoms with Gasteiger partial charge in [0, 0.05) is 46.7 Å². The maximum Gasteiger partial charge on any atom is 0.206 e. The molecule has 0 amide bonds. The topological polar surface area (TPSA) is 68.9 Å². The molecular weight excluding hydrogens is 758 g/mol. The first-order valence-electron chi connectivity index (χ1n) is 20.6. The first-order valence-corrected chi connectivity index (χ1v) is 21.8.